The molecule has 0 radical (unpaired) electrons. The summed E-state index contributed by atoms with van der Waals surface area (Å²) >= 11 is 5.46. The van der Waals surface area contributed by atoms with Crippen molar-refractivity contribution < 1.29 is 13.3 Å². The van der Waals surface area contributed by atoms with Gasteiger partial charge in [-0.05, 0) is 12.1 Å². The summed E-state index contributed by atoms with van der Waals surface area (Å²) in [7, 11) is -2.22. The smallest absolute Gasteiger partial charge is 0.258 e. The van der Waals surface area contributed by atoms with E-state index in [1.165, 1.54) is 19.2 Å². The number of halogens is 1. The largest absolute Gasteiger partial charge is 0.269 e. The molecule has 0 fully saturated rings. The highest BCUT2D eigenvalue weighted by Crippen LogP contribution is 2.18. The topological polar surface area (TPSA) is 80.5 Å². The summed E-state index contributed by atoms with van der Waals surface area (Å²) in [5, 5.41) is 10.4. The van der Waals surface area contributed by atoms with Crippen molar-refractivity contribution in [2.45, 2.75) is 4.90 Å². The predicted octanol–water partition coefficient (Wildman–Crippen LogP) is 1.45. The fourth-order valence-electron chi connectivity index (χ4n) is 1.16. The highest BCUT2D eigenvalue weighted by molar-refractivity contribution is 7.89. The number of alkyl halides is 1. The standard InChI is InChI=1S/C9H11ClN2O4S/c1-11(7-6-10)17(15,16)9-4-2-8(3-5-9)12(13)14/h2-5H,6-7H2,1H3. The zero-order valence-electron chi connectivity index (χ0n) is 9.04. The summed E-state index contributed by atoms with van der Waals surface area (Å²) in [6.45, 7) is 0.181. The number of benzene rings is 1. The van der Waals surface area contributed by atoms with Gasteiger partial charge in [-0.3, -0.25) is 10.1 Å². The molecule has 0 aliphatic heterocycles. The van der Waals surface area contributed by atoms with E-state index in [0.717, 1.165) is 16.4 Å². The van der Waals surface area contributed by atoms with E-state index in [-0.39, 0.29) is 23.0 Å². The third-order valence-electron chi connectivity index (χ3n) is 2.16. The maximum Gasteiger partial charge on any atom is 0.269 e. The molecule has 0 bridgehead atoms. The number of nitro benzene ring substituents is 1. The van der Waals surface area contributed by atoms with Crippen LogP contribution in [-0.4, -0.2) is 37.1 Å². The van der Waals surface area contributed by atoms with Crippen LogP contribution in [0.3, 0.4) is 0 Å². The van der Waals surface area contributed by atoms with Crippen LogP contribution in [0, 0.1) is 10.1 Å². The first-order valence-corrected chi connectivity index (χ1v) is 6.64. The van der Waals surface area contributed by atoms with Gasteiger partial charge in [0.15, 0.2) is 0 Å². The van der Waals surface area contributed by atoms with Gasteiger partial charge < -0.3 is 0 Å². The molecule has 0 N–H and O–H groups in total. The van der Waals surface area contributed by atoms with Gasteiger partial charge in [-0.25, -0.2) is 8.42 Å². The van der Waals surface area contributed by atoms with Gasteiger partial charge >= 0.3 is 0 Å². The SMILES string of the molecule is CN(CCCl)S(=O)(=O)c1ccc([N+](=O)[O-])cc1. The van der Waals surface area contributed by atoms with Gasteiger partial charge in [0.05, 0.1) is 9.82 Å². The molecule has 0 aliphatic carbocycles. The molecule has 0 saturated heterocycles. The van der Waals surface area contributed by atoms with Crippen molar-refractivity contribution >= 4 is 27.3 Å². The fraction of sp³-hybridized carbons (Fsp3) is 0.333. The van der Waals surface area contributed by atoms with E-state index in [4.69, 9.17) is 11.6 Å². The third kappa shape index (κ3) is 3.15. The molecule has 1 rings (SSSR count). The highest BCUT2D eigenvalue weighted by Gasteiger charge is 2.20. The lowest BCUT2D eigenvalue weighted by atomic mass is 10.3. The Kier molecular flexibility index (Phi) is 4.44. The van der Waals surface area contributed by atoms with Crippen LogP contribution >= 0.6 is 11.6 Å². The summed E-state index contributed by atoms with van der Waals surface area (Å²) in [5.41, 5.74) is -0.149. The average Bonchev–Trinajstić information content (AvgIpc) is 2.29. The number of hydrogen-bond donors (Lipinski definition) is 0. The van der Waals surface area contributed by atoms with Gasteiger partial charge in [-0.1, -0.05) is 0 Å². The first kappa shape index (κ1) is 13.9. The molecule has 0 aliphatic rings. The molecule has 1 aromatic rings. The van der Waals surface area contributed by atoms with Gasteiger partial charge in [0, 0.05) is 31.6 Å². The first-order chi connectivity index (χ1) is 7.89. The minimum absolute atomic E-state index is 0.00992. The summed E-state index contributed by atoms with van der Waals surface area (Å²) in [5.74, 6) is 0.183. The number of hydrogen-bond acceptors (Lipinski definition) is 4. The molecule has 17 heavy (non-hydrogen) atoms. The minimum Gasteiger partial charge on any atom is -0.258 e. The minimum atomic E-state index is -3.62. The maximum absolute atomic E-state index is 11.9. The molecule has 0 unspecified atom stereocenters. The first-order valence-electron chi connectivity index (χ1n) is 4.66. The molecule has 0 saturated carbocycles. The molecule has 6 nitrogen and oxygen atoms in total. The van der Waals surface area contributed by atoms with Crippen LogP contribution in [0.15, 0.2) is 29.2 Å². The third-order valence-corrected chi connectivity index (χ3v) is 4.20. The Morgan fingerprint density at radius 3 is 2.29 bits per heavy atom. The Labute approximate surface area is 104 Å². The molecule has 0 aromatic heterocycles. The van der Waals surface area contributed by atoms with Crippen LogP contribution in [-0.2, 0) is 10.0 Å². The van der Waals surface area contributed by atoms with Gasteiger partial charge in [-0.2, -0.15) is 4.31 Å². The Bertz CT molecular complexity index is 500. The van der Waals surface area contributed by atoms with Crippen molar-refractivity contribution in [3.8, 4) is 0 Å². The van der Waals surface area contributed by atoms with Crippen LogP contribution < -0.4 is 0 Å². The Morgan fingerprint density at radius 2 is 1.88 bits per heavy atom. The van der Waals surface area contributed by atoms with Crippen LogP contribution in [0.2, 0.25) is 0 Å². The molecule has 0 amide bonds. The Morgan fingerprint density at radius 1 is 1.35 bits per heavy atom. The van der Waals surface area contributed by atoms with Crippen molar-refractivity contribution in [1.29, 1.82) is 0 Å². The summed E-state index contributed by atoms with van der Waals surface area (Å²) < 4.78 is 24.9. The summed E-state index contributed by atoms with van der Waals surface area (Å²) in [6.07, 6.45) is 0. The second-order valence-electron chi connectivity index (χ2n) is 3.27. The molecule has 8 heteroatoms. The second-order valence-corrected chi connectivity index (χ2v) is 5.69. The summed E-state index contributed by atoms with van der Waals surface area (Å²) in [4.78, 5) is 9.85. The second kappa shape index (κ2) is 5.44. The van der Waals surface area contributed by atoms with Crippen LogP contribution in [0.25, 0.3) is 0 Å². The van der Waals surface area contributed by atoms with E-state index in [1.54, 1.807) is 0 Å². The van der Waals surface area contributed by atoms with Crippen LogP contribution in [0.4, 0.5) is 5.69 Å². The average molecular weight is 279 g/mol. The Balaban J connectivity index is 3.04. The van der Waals surface area contributed by atoms with E-state index in [9.17, 15) is 18.5 Å². The van der Waals surface area contributed by atoms with Gasteiger partial charge in [0.2, 0.25) is 10.0 Å². The van der Waals surface area contributed by atoms with Gasteiger partial charge in [0.1, 0.15) is 0 Å². The highest BCUT2D eigenvalue weighted by atomic mass is 35.5. The van der Waals surface area contributed by atoms with E-state index in [2.05, 4.69) is 0 Å². The molecule has 1 aromatic carbocycles. The maximum atomic E-state index is 11.9. The monoisotopic (exact) mass is 278 g/mol. The van der Waals surface area contributed by atoms with Crippen molar-refractivity contribution in [3.05, 3.63) is 34.4 Å². The number of nitrogens with zero attached hydrogens (tertiary/aromatic N) is 2. The number of sulfonamides is 1. The quantitative estimate of drug-likeness (QED) is 0.464. The molecular formula is C9H11ClN2O4S. The fourth-order valence-corrected chi connectivity index (χ4v) is 2.68. The zero-order chi connectivity index (χ0) is 13.1. The van der Waals surface area contributed by atoms with Gasteiger partial charge in [-0.15, -0.1) is 11.6 Å². The normalized spacial score (nSPS) is 11.7. The van der Waals surface area contributed by atoms with E-state index < -0.39 is 14.9 Å². The van der Waals surface area contributed by atoms with E-state index in [0.29, 0.717) is 0 Å². The lowest BCUT2D eigenvalue weighted by Crippen LogP contribution is -2.28. The van der Waals surface area contributed by atoms with Crippen molar-refractivity contribution in [2.75, 3.05) is 19.5 Å². The van der Waals surface area contributed by atoms with Crippen LogP contribution in [0.1, 0.15) is 0 Å². The zero-order valence-corrected chi connectivity index (χ0v) is 10.6. The van der Waals surface area contributed by atoms with Crippen molar-refractivity contribution in [3.63, 3.8) is 0 Å². The molecular weight excluding hydrogens is 268 g/mol. The molecule has 0 heterocycles. The van der Waals surface area contributed by atoms with Crippen LogP contribution in [0.5, 0.6) is 0 Å². The summed E-state index contributed by atoms with van der Waals surface area (Å²) in [6, 6.07) is 4.72. The molecule has 0 atom stereocenters. The van der Waals surface area contributed by atoms with Gasteiger partial charge in [0.25, 0.3) is 5.69 Å². The number of nitro groups is 1. The Hall–Kier alpha value is -1.18. The number of rotatable bonds is 5. The molecule has 0 spiro atoms. The van der Waals surface area contributed by atoms with E-state index in [1.807, 2.05) is 0 Å². The lowest BCUT2D eigenvalue weighted by molar-refractivity contribution is -0.384. The predicted molar refractivity (Wildman–Crippen MR) is 63.6 cm³/mol. The number of non-ortho nitro benzene ring substituents is 1. The van der Waals surface area contributed by atoms with E-state index >= 15 is 0 Å². The van der Waals surface area contributed by atoms with Crippen molar-refractivity contribution in [1.82, 2.24) is 4.31 Å². The van der Waals surface area contributed by atoms with Crippen molar-refractivity contribution in [2.24, 2.45) is 0 Å². The molecule has 94 valence electrons. The lowest BCUT2D eigenvalue weighted by Gasteiger charge is -2.15.